The van der Waals surface area contributed by atoms with Crippen molar-refractivity contribution in [3.8, 4) is 0 Å². The number of ether oxygens (including phenoxy) is 1. The molecule has 0 radical (unpaired) electrons. The van der Waals surface area contributed by atoms with Gasteiger partial charge in [0.05, 0.1) is 24.9 Å². The zero-order valence-corrected chi connectivity index (χ0v) is 9.59. The molecule has 1 aliphatic heterocycles. The molecular formula is C11H15N3O3. The van der Waals surface area contributed by atoms with Gasteiger partial charge in [-0.15, -0.1) is 0 Å². The van der Waals surface area contributed by atoms with Crippen LogP contribution in [0.25, 0.3) is 0 Å². The van der Waals surface area contributed by atoms with Crippen LogP contribution in [-0.2, 0) is 4.74 Å². The number of morpholine rings is 1. The highest BCUT2D eigenvalue weighted by atomic mass is 16.5. The first kappa shape index (κ1) is 11.7. The van der Waals surface area contributed by atoms with Crippen LogP contribution in [0.2, 0.25) is 0 Å². The van der Waals surface area contributed by atoms with Crippen molar-refractivity contribution in [2.75, 3.05) is 30.4 Å². The number of carboxylic acid groups (broad SMARTS) is 1. The number of nitrogens with zero attached hydrogens (tertiary/aromatic N) is 2. The summed E-state index contributed by atoms with van der Waals surface area (Å²) in [6.45, 7) is 3.86. The summed E-state index contributed by atoms with van der Waals surface area (Å²) in [6.07, 6.45) is 0. The Morgan fingerprint density at radius 2 is 2.41 bits per heavy atom. The Bertz CT molecular complexity index is 436. The molecule has 0 aromatic carbocycles. The van der Waals surface area contributed by atoms with E-state index in [0.717, 1.165) is 0 Å². The Morgan fingerprint density at radius 3 is 3.06 bits per heavy atom. The summed E-state index contributed by atoms with van der Waals surface area (Å²) in [5, 5.41) is 8.92. The van der Waals surface area contributed by atoms with E-state index < -0.39 is 5.97 Å². The lowest BCUT2D eigenvalue weighted by Gasteiger charge is -2.34. The number of pyridine rings is 1. The SMILES string of the molecule is CC1COCCN1c1nc(C(=O)O)ccc1N. The van der Waals surface area contributed by atoms with E-state index in [1.807, 2.05) is 11.8 Å². The predicted molar refractivity (Wildman–Crippen MR) is 63.2 cm³/mol. The smallest absolute Gasteiger partial charge is 0.354 e. The average Bonchev–Trinajstić information content (AvgIpc) is 2.30. The van der Waals surface area contributed by atoms with E-state index in [9.17, 15) is 4.79 Å². The van der Waals surface area contributed by atoms with Crippen LogP contribution in [0, 0.1) is 0 Å². The predicted octanol–water partition coefficient (Wildman–Crippen LogP) is 0.587. The molecule has 92 valence electrons. The van der Waals surface area contributed by atoms with Gasteiger partial charge < -0.3 is 20.5 Å². The highest BCUT2D eigenvalue weighted by molar-refractivity contribution is 5.87. The number of anilines is 2. The fourth-order valence-corrected chi connectivity index (χ4v) is 1.85. The molecule has 1 aromatic heterocycles. The van der Waals surface area contributed by atoms with E-state index in [0.29, 0.717) is 31.3 Å². The maximum absolute atomic E-state index is 10.9. The summed E-state index contributed by atoms with van der Waals surface area (Å²) in [7, 11) is 0. The van der Waals surface area contributed by atoms with E-state index in [4.69, 9.17) is 15.6 Å². The minimum Gasteiger partial charge on any atom is -0.477 e. The van der Waals surface area contributed by atoms with E-state index in [1.165, 1.54) is 6.07 Å². The fourth-order valence-electron chi connectivity index (χ4n) is 1.85. The lowest BCUT2D eigenvalue weighted by molar-refractivity contribution is 0.0690. The molecular weight excluding hydrogens is 222 g/mol. The molecule has 0 spiro atoms. The molecule has 0 aliphatic carbocycles. The molecule has 0 bridgehead atoms. The van der Waals surface area contributed by atoms with Crippen LogP contribution in [0.4, 0.5) is 11.5 Å². The number of aromatic carboxylic acids is 1. The molecule has 3 N–H and O–H groups in total. The number of carboxylic acids is 1. The number of aromatic nitrogens is 1. The van der Waals surface area contributed by atoms with Crippen molar-refractivity contribution in [3.63, 3.8) is 0 Å². The van der Waals surface area contributed by atoms with Gasteiger partial charge in [-0.3, -0.25) is 0 Å². The molecule has 2 rings (SSSR count). The van der Waals surface area contributed by atoms with Gasteiger partial charge in [-0.2, -0.15) is 0 Å². The summed E-state index contributed by atoms with van der Waals surface area (Å²) in [5.74, 6) is -0.520. The van der Waals surface area contributed by atoms with E-state index in [-0.39, 0.29) is 11.7 Å². The minimum absolute atomic E-state index is 0.00731. The number of rotatable bonds is 2. The summed E-state index contributed by atoms with van der Waals surface area (Å²) in [5.41, 5.74) is 6.34. The molecule has 2 heterocycles. The van der Waals surface area contributed by atoms with Gasteiger partial charge in [0.25, 0.3) is 0 Å². The maximum atomic E-state index is 10.9. The lowest BCUT2D eigenvalue weighted by atomic mass is 10.2. The summed E-state index contributed by atoms with van der Waals surface area (Å²) < 4.78 is 5.32. The molecule has 17 heavy (non-hydrogen) atoms. The molecule has 1 fully saturated rings. The molecule has 6 nitrogen and oxygen atoms in total. The van der Waals surface area contributed by atoms with Crippen molar-refractivity contribution < 1.29 is 14.6 Å². The van der Waals surface area contributed by atoms with Gasteiger partial charge in [-0.05, 0) is 19.1 Å². The molecule has 0 amide bonds. The summed E-state index contributed by atoms with van der Waals surface area (Å²) in [6, 6.07) is 3.13. The Hall–Kier alpha value is -1.82. The van der Waals surface area contributed by atoms with Crippen LogP contribution in [-0.4, -0.2) is 41.9 Å². The van der Waals surface area contributed by atoms with Crippen LogP contribution in [0.15, 0.2) is 12.1 Å². The third-order valence-electron chi connectivity index (χ3n) is 2.76. The van der Waals surface area contributed by atoms with Crippen LogP contribution >= 0.6 is 0 Å². The van der Waals surface area contributed by atoms with Gasteiger partial charge in [0.1, 0.15) is 0 Å². The first-order chi connectivity index (χ1) is 8.09. The average molecular weight is 237 g/mol. The van der Waals surface area contributed by atoms with Gasteiger partial charge in [-0.1, -0.05) is 0 Å². The van der Waals surface area contributed by atoms with E-state index >= 15 is 0 Å². The lowest BCUT2D eigenvalue weighted by Crippen LogP contribution is -2.44. The van der Waals surface area contributed by atoms with E-state index in [2.05, 4.69) is 4.98 Å². The first-order valence-corrected chi connectivity index (χ1v) is 5.44. The second kappa shape index (κ2) is 4.58. The number of carbonyl (C=O) groups is 1. The summed E-state index contributed by atoms with van der Waals surface area (Å²) >= 11 is 0. The number of hydrogen-bond donors (Lipinski definition) is 2. The van der Waals surface area contributed by atoms with Crippen molar-refractivity contribution in [1.29, 1.82) is 0 Å². The third-order valence-corrected chi connectivity index (χ3v) is 2.76. The van der Waals surface area contributed by atoms with Crippen LogP contribution in [0.3, 0.4) is 0 Å². The van der Waals surface area contributed by atoms with Crippen LogP contribution in [0.1, 0.15) is 17.4 Å². The summed E-state index contributed by atoms with van der Waals surface area (Å²) in [4.78, 5) is 17.0. The van der Waals surface area contributed by atoms with Crippen molar-refractivity contribution in [3.05, 3.63) is 17.8 Å². The van der Waals surface area contributed by atoms with Crippen LogP contribution < -0.4 is 10.6 Å². The second-order valence-electron chi connectivity index (χ2n) is 4.03. The minimum atomic E-state index is -1.05. The normalized spacial score (nSPS) is 20.3. The molecule has 1 unspecified atom stereocenters. The van der Waals surface area contributed by atoms with Crippen molar-refractivity contribution >= 4 is 17.5 Å². The fraction of sp³-hybridized carbons (Fsp3) is 0.455. The Morgan fingerprint density at radius 1 is 1.65 bits per heavy atom. The Labute approximate surface area is 99.0 Å². The quantitative estimate of drug-likeness (QED) is 0.782. The molecule has 0 saturated carbocycles. The van der Waals surface area contributed by atoms with Crippen molar-refractivity contribution in [2.24, 2.45) is 0 Å². The molecule has 1 saturated heterocycles. The van der Waals surface area contributed by atoms with Crippen LogP contribution in [0.5, 0.6) is 0 Å². The monoisotopic (exact) mass is 237 g/mol. The topological polar surface area (TPSA) is 88.7 Å². The standard InChI is InChI=1S/C11H15N3O3/c1-7-6-17-5-4-14(7)10-8(12)2-3-9(13-10)11(15)16/h2-3,7H,4-6,12H2,1H3,(H,15,16). The Kier molecular flexibility index (Phi) is 3.14. The van der Waals surface area contributed by atoms with Crippen molar-refractivity contribution in [2.45, 2.75) is 13.0 Å². The van der Waals surface area contributed by atoms with Gasteiger partial charge in [0, 0.05) is 6.54 Å². The second-order valence-corrected chi connectivity index (χ2v) is 4.03. The molecule has 6 heteroatoms. The largest absolute Gasteiger partial charge is 0.477 e. The van der Waals surface area contributed by atoms with Gasteiger partial charge in [0.15, 0.2) is 11.5 Å². The molecule has 1 aliphatic rings. The third kappa shape index (κ3) is 2.31. The number of nitrogens with two attached hydrogens (primary N) is 1. The number of nitrogen functional groups attached to an aromatic ring is 1. The van der Waals surface area contributed by atoms with Gasteiger partial charge >= 0.3 is 5.97 Å². The molecule has 1 aromatic rings. The van der Waals surface area contributed by atoms with E-state index in [1.54, 1.807) is 6.07 Å². The number of hydrogen-bond acceptors (Lipinski definition) is 5. The first-order valence-electron chi connectivity index (χ1n) is 5.44. The van der Waals surface area contributed by atoms with Gasteiger partial charge in [-0.25, -0.2) is 9.78 Å². The highest BCUT2D eigenvalue weighted by Gasteiger charge is 2.23. The van der Waals surface area contributed by atoms with Crippen molar-refractivity contribution in [1.82, 2.24) is 4.98 Å². The maximum Gasteiger partial charge on any atom is 0.354 e. The highest BCUT2D eigenvalue weighted by Crippen LogP contribution is 2.24. The zero-order valence-electron chi connectivity index (χ0n) is 9.59. The van der Waals surface area contributed by atoms with Gasteiger partial charge in [0.2, 0.25) is 0 Å². The zero-order chi connectivity index (χ0) is 12.4. The molecule has 1 atom stereocenters. The Balaban J connectivity index is 2.35.